The van der Waals surface area contributed by atoms with Crippen LogP contribution in [0, 0.1) is 13.8 Å². The predicted octanol–water partition coefficient (Wildman–Crippen LogP) is 4.29. The van der Waals surface area contributed by atoms with Gasteiger partial charge in [-0.3, -0.25) is 0 Å². The molecule has 0 amide bonds. The Bertz CT molecular complexity index is 797. The average molecular weight is 305 g/mol. The highest BCUT2D eigenvalue weighted by Gasteiger charge is 2.11. The molecule has 4 nitrogen and oxygen atoms in total. The fourth-order valence-electron chi connectivity index (χ4n) is 2.02. The first-order valence-corrected chi connectivity index (χ1v) is 7.30. The van der Waals surface area contributed by atoms with Crippen molar-refractivity contribution in [1.29, 1.82) is 0 Å². The quantitative estimate of drug-likeness (QED) is 0.741. The van der Waals surface area contributed by atoms with Crippen LogP contribution in [0.5, 0.6) is 0 Å². The molecule has 2 heterocycles. The van der Waals surface area contributed by atoms with Crippen LogP contribution < -0.4 is 11.1 Å². The summed E-state index contributed by atoms with van der Waals surface area (Å²) in [4.78, 5) is 10.6. The molecule has 0 fully saturated rings. The molecule has 3 rings (SSSR count). The maximum absolute atomic E-state index is 6.14. The van der Waals surface area contributed by atoms with Crippen LogP contribution in [-0.2, 0) is 0 Å². The molecule has 0 aliphatic rings. The van der Waals surface area contributed by atoms with Crippen molar-refractivity contribution in [3.63, 3.8) is 0 Å². The topological polar surface area (TPSA) is 63.8 Å². The first-order chi connectivity index (χ1) is 9.54. The van der Waals surface area contributed by atoms with Crippen LogP contribution in [0.2, 0.25) is 5.02 Å². The van der Waals surface area contributed by atoms with Gasteiger partial charge in [0.15, 0.2) is 0 Å². The number of nitrogens with zero attached hydrogens (tertiary/aromatic N) is 2. The smallest absolute Gasteiger partial charge is 0.223 e. The summed E-state index contributed by atoms with van der Waals surface area (Å²) in [7, 11) is 0. The van der Waals surface area contributed by atoms with Gasteiger partial charge in [0.25, 0.3) is 0 Å². The summed E-state index contributed by atoms with van der Waals surface area (Å²) in [5.74, 6) is 0.976. The van der Waals surface area contributed by atoms with Crippen molar-refractivity contribution in [3.05, 3.63) is 39.7 Å². The zero-order chi connectivity index (χ0) is 14.3. The maximum atomic E-state index is 6.14. The number of thiophene rings is 1. The minimum atomic E-state index is 0.265. The number of hydrogen-bond acceptors (Lipinski definition) is 5. The highest BCUT2D eigenvalue weighted by molar-refractivity contribution is 7.18. The van der Waals surface area contributed by atoms with Crippen LogP contribution in [-0.4, -0.2) is 9.97 Å². The number of nitrogens with two attached hydrogens (primary N) is 1. The molecule has 0 bridgehead atoms. The Morgan fingerprint density at radius 2 is 2.05 bits per heavy atom. The van der Waals surface area contributed by atoms with Gasteiger partial charge >= 0.3 is 0 Å². The van der Waals surface area contributed by atoms with E-state index in [2.05, 4.69) is 21.4 Å². The van der Waals surface area contributed by atoms with Gasteiger partial charge in [-0.05, 0) is 37.6 Å². The Hall–Kier alpha value is -1.85. The molecule has 0 atom stereocenters. The van der Waals surface area contributed by atoms with E-state index in [0.717, 1.165) is 26.5 Å². The summed E-state index contributed by atoms with van der Waals surface area (Å²) >= 11 is 7.74. The predicted molar refractivity (Wildman–Crippen MR) is 86.0 cm³/mol. The molecule has 0 radical (unpaired) electrons. The van der Waals surface area contributed by atoms with E-state index in [1.165, 1.54) is 4.88 Å². The standard InChI is InChI=1S/C14H13ClN4S/c1-7-6-9-12(18-14(16)19-13(9)20-7)17-11-5-3-4-10(15)8(11)2/h3-6H,1-2H3,(H3,16,17,18,19). The number of fused-ring (bicyclic) bond motifs is 1. The first kappa shape index (κ1) is 13.1. The molecule has 20 heavy (non-hydrogen) atoms. The van der Waals surface area contributed by atoms with Gasteiger partial charge in [0.05, 0.1) is 5.39 Å². The van der Waals surface area contributed by atoms with Crippen molar-refractivity contribution in [2.75, 3.05) is 11.1 Å². The first-order valence-electron chi connectivity index (χ1n) is 6.10. The maximum Gasteiger partial charge on any atom is 0.223 e. The van der Waals surface area contributed by atoms with E-state index < -0.39 is 0 Å². The number of aromatic nitrogens is 2. The van der Waals surface area contributed by atoms with Gasteiger partial charge in [0.2, 0.25) is 5.95 Å². The van der Waals surface area contributed by atoms with Crippen LogP contribution in [0.1, 0.15) is 10.4 Å². The number of nitrogen functional groups attached to an aromatic ring is 1. The number of nitrogens with one attached hydrogen (secondary N) is 1. The largest absolute Gasteiger partial charge is 0.368 e. The molecular formula is C14H13ClN4S. The molecule has 1 aromatic carbocycles. The van der Waals surface area contributed by atoms with Crippen molar-refractivity contribution in [2.24, 2.45) is 0 Å². The van der Waals surface area contributed by atoms with E-state index in [9.17, 15) is 0 Å². The number of hydrogen-bond donors (Lipinski definition) is 2. The molecule has 0 saturated heterocycles. The molecule has 102 valence electrons. The molecule has 3 aromatic rings. The van der Waals surface area contributed by atoms with Crippen LogP contribution in [0.4, 0.5) is 17.5 Å². The van der Waals surface area contributed by atoms with Gasteiger partial charge in [0.1, 0.15) is 10.6 Å². The van der Waals surface area contributed by atoms with Crippen molar-refractivity contribution in [1.82, 2.24) is 9.97 Å². The second-order valence-electron chi connectivity index (χ2n) is 4.54. The second kappa shape index (κ2) is 4.92. The minimum Gasteiger partial charge on any atom is -0.368 e. The van der Waals surface area contributed by atoms with Crippen molar-refractivity contribution >= 4 is 50.6 Å². The van der Waals surface area contributed by atoms with Crippen LogP contribution in [0.15, 0.2) is 24.3 Å². The summed E-state index contributed by atoms with van der Waals surface area (Å²) < 4.78 is 0. The number of anilines is 3. The molecule has 0 spiro atoms. The average Bonchev–Trinajstić information content (AvgIpc) is 2.75. The molecule has 0 unspecified atom stereocenters. The third kappa shape index (κ3) is 2.30. The van der Waals surface area contributed by atoms with Gasteiger partial charge in [-0.15, -0.1) is 11.3 Å². The normalized spacial score (nSPS) is 10.9. The lowest BCUT2D eigenvalue weighted by atomic mass is 10.2. The van der Waals surface area contributed by atoms with Crippen molar-refractivity contribution in [3.8, 4) is 0 Å². The van der Waals surface area contributed by atoms with Crippen molar-refractivity contribution in [2.45, 2.75) is 13.8 Å². The lowest BCUT2D eigenvalue weighted by molar-refractivity contribution is 1.24. The Kier molecular flexibility index (Phi) is 3.23. The summed E-state index contributed by atoms with van der Waals surface area (Å²) in [5.41, 5.74) is 7.67. The van der Waals surface area contributed by atoms with Crippen molar-refractivity contribution < 1.29 is 0 Å². The van der Waals surface area contributed by atoms with E-state index in [0.29, 0.717) is 5.82 Å². The van der Waals surface area contributed by atoms with E-state index in [1.54, 1.807) is 11.3 Å². The second-order valence-corrected chi connectivity index (χ2v) is 6.19. The molecule has 0 saturated carbocycles. The molecule has 6 heteroatoms. The van der Waals surface area contributed by atoms with Crippen LogP contribution in [0.25, 0.3) is 10.2 Å². The third-order valence-corrected chi connectivity index (χ3v) is 4.41. The Morgan fingerprint density at radius 1 is 1.25 bits per heavy atom. The molecular weight excluding hydrogens is 292 g/mol. The van der Waals surface area contributed by atoms with E-state index in [1.807, 2.05) is 32.0 Å². The molecule has 3 N–H and O–H groups in total. The molecule has 2 aromatic heterocycles. The SMILES string of the molecule is Cc1cc2c(Nc3cccc(Cl)c3C)nc(N)nc2s1. The van der Waals surface area contributed by atoms with Crippen LogP contribution in [0.3, 0.4) is 0 Å². The third-order valence-electron chi connectivity index (χ3n) is 3.05. The Morgan fingerprint density at radius 3 is 2.85 bits per heavy atom. The number of halogens is 1. The van der Waals surface area contributed by atoms with Gasteiger partial charge in [0, 0.05) is 15.6 Å². The van der Waals surface area contributed by atoms with Gasteiger partial charge < -0.3 is 11.1 Å². The zero-order valence-electron chi connectivity index (χ0n) is 11.1. The molecule has 0 aliphatic carbocycles. The lowest BCUT2D eigenvalue weighted by Crippen LogP contribution is -2.01. The lowest BCUT2D eigenvalue weighted by Gasteiger charge is -2.11. The summed E-state index contributed by atoms with van der Waals surface area (Å²) in [5, 5.41) is 4.99. The number of benzene rings is 1. The molecule has 0 aliphatic heterocycles. The van der Waals surface area contributed by atoms with E-state index >= 15 is 0 Å². The highest BCUT2D eigenvalue weighted by Crippen LogP contribution is 2.32. The Balaban J connectivity index is 2.12. The monoisotopic (exact) mass is 304 g/mol. The van der Waals surface area contributed by atoms with Crippen LogP contribution >= 0.6 is 22.9 Å². The van der Waals surface area contributed by atoms with E-state index in [4.69, 9.17) is 17.3 Å². The van der Waals surface area contributed by atoms with E-state index in [-0.39, 0.29) is 5.95 Å². The number of aryl methyl sites for hydroxylation is 1. The summed E-state index contributed by atoms with van der Waals surface area (Å²) in [6.07, 6.45) is 0. The summed E-state index contributed by atoms with van der Waals surface area (Å²) in [6, 6.07) is 7.78. The Labute approximate surface area is 125 Å². The fourth-order valence-corrected chi connectivity index (χ4v) is 3.09. The minimum absolute atomic E-state index is 0.265. The zero-order valence-corrected chi connectivity index (χ0v) is 12.6. The highest BCUT2D eigenvalue weighted by atomic mass is 35.5. The number of rotatable bonds is 2. The van der Waals surface area contributed by atoms with Gasteiger partial charge in [-0.25, -0.2) is 4.98 Å². The summed E-state index contributed by atoms with van der Waals surface area (Å²) in [6.45, 7) is 4.00. The van der Waals surface area contributed by atoms with Gasteiger partial charge in [-0.1, -0.05) is 17.7 Å². The fraction of sp³-hybridized carbons (Fsp3) is 0.143. The van der Waals surface area contributed by atoms with Gasteiger partial charge in [-0.2, -0.15) is 4.98 Å².